The molecule has 0 saturated heterocycles. The van der Waals surface area contributed by atoms with E-state index >= 15 is 0 Å². The third kappa shape index (κ3) is 1.77. The lowest BCUT2D eigenvalue weighted by atomic mass is 10.2. The zero-order valence-electron chi connectivity index (χ0n) is 9.24. The van der Waals surface area contributed by atoms with E-state index in [0.29, 0.717) is 6.42 Å². The molecule has 0 spiro atoms. The van der Waals surface area contributed by atoms with E-state index in [-0.39, 0.29) is 5.91 Å². The average molecular weight is 202 g/mol. The van der Waals surface area contributed by atoms with Crippen LogP contribution in [-0.2, 0) is 4.79 Å². The van der Waals surface area contributed by atoms with Crippen molar-refractivity contribution in [2.24, 2.45) is 4.99 Å². The van der Waals surface area contributed by atoms with Crippen molar-refractivity contribution in [1.29, 1.82) is 0 Å². The Hall–Kier alpha value is -1.64. The summed E-state index contributed by atoms with van der Waals surface area (Å²) in [4.78, 5) is 17.9. The number of carbonyl (C=O) groups excluding carboxylic acids is 1. The second-order valence-electron chi connectivity index (χ2n) is 3.97. The molecule has 0 bridgehead atoms. The lowest BCUT2D eigenvalue weighted by molar-refractivity contribution is -0.117. The van der Waals surface area contributed by atoms with Gasteiger partial charge in [0.05, 0.1) is 17.8 Å². The molecule has 0 aromatic heterocycles. The van der Waals surface area contributed by atoms with Gasteiger partial charge in [-0.1, -0.05) is 6.07 Å². The number of amides is 1. The molecule has 1 heterocycles. The van der Waals surface area contributed by atoms with Crippen LogP contribution in [0.4, 0.5) is 11.4 Å². The van der Waals surface area contributed by atoms with Gasteiger partial charge in [-0.05, 0) is 31.5 Å². The fraction of sp³-hybridized carbons (Fsp3) is 0.333. The van der Waals surface area contributed by atoms with E-state index in [1.165, 1.54) is 0 Å². The first-order valence-corrected chi connectivity index (χ1v) is 4.99. The highest BCUT2D eigenvalue weighted by Gasteiger charge is 2.18. The van der Waals surface area contributed by atoms with E-state index < -0.39 is 0 Å². The maximum absolute atomic E-state index is 11.7. The number of aryl methyl sites for hydroxylation is 1. The summed E-state index contributed by atoms with van der Waals surface area (Å²) in [5.74, 6) is 0.0978. The number of hydrogen-bond acceptors (Lipinski definition) is 2. The van der Waals surface area contributed by atoms with E-state index in [0.717, 1.165) is 22.6 Å². The molecule has 0 atom stereocenters. The quantitative estimate of drug-likeness (QED) is 0.636. The van der Waals surface area contributed by atoms with E-state index in [2.05, 4.69) is 4.99 Å². The van der Waals surface area contributed by atoms with Crippen LogP contribution in [0.5, 0.6) is 0 Å². The molecule has 0 saturated carbocycles. The van der Waals surface area contributed by atoms with Crippen LogP contribution in [0.15, 0.2) is 23.2 Å². The largest absolute Gasteiger partial charge is 0.313 e. The SMILES string of the molecule is CC1=Nc2ccc(C)cc2N(C)C(=O)C1. The fourth-order valence-corrected chi connectivity index (χ4v) is 1.71. The van der Waals surface area contributed by atoms with Gasteiger partial charge in [0.25, 0.3) is 0 Å². The summed E-state index contributed by atoms with van der Waals surface area (Å²) in [6.45, 7) is 3.90. The van der Waals surface area contributed by atoms with Crippen molar-refractivity contribution in [3.8, 4) is 0 Å². The Morgan fingerprint density at radius 1 is 1.33 bits per heavy atom. The number of rotatable bonds is 0. The molecular formula is C12H14N2O. The van der Waals surface area contributed by atoms with Gasteiger partial charge in [0.2, 0.25) is 5.91 Å². The molecule has 1 aromatic rings. The molecule has 1 amide bonds. The van der Waals surface area contributed by atoms with Gasteiger partial charge in [-0.15, -0.1) is 0 Å². The maximum Gasteiger partial charge on any atom is 0.232 e. The first kappa shape index (κ1) is 9.90. The van der Waals surface area contributed by atoms with Crippen LogP contribution in [-0.4, -0.2) is 18.7 Å². The Kier molecular flexibility index (Phi) is 2.31. The van der Waals surface area contributed by atoms with Crippen LogP contribution < -0.4 is 4.90 Å². The second kappa shape index (κ2) is 3.50. The zero-order chi connectivity index (χ0) is 11.0. The van der Waals surface area contributed by atoms with Crippen molar-refractivity contribution in [2.45, 2.75) is 20.3 Å². The summed E-state index contributed by atoms with van der Waals surface area (Å²) in [6, 6.07) is 5.97. The van der Waals surface area contributed by atoms with E-state index in [1.807, 2.05) is 32.0 Å². The van der Waals surface area contributed by atoms with Gasteiger partial charge in [0.1, 0.15) is 0 Å². The summed E-state index contributed by atoms with van der Waals surface area (Å²) >= 11 is 0. The third-order valence-corrected chi connectivity index (χ3v) is 2.58. The number of nitrogens with zero attached hydrogens (tertiary/aromatic N) is 2. The minimum Gasteiger partial charge on any atom is -0.313 e. The van der Waals surface area contributed by atoms with Crippen molar-refractivity contribution in [3.63, 3.8) is 0 Å². The van der Waals surface area contributed by atoms with Crippen molar-refractivity contribution >= 4 is 23.0 Å². The van der Waals surface area contributed by atoms with Gasteiger partial charge in [-0.25, -0.2) is 0 Å². The zero-order valence-corrected chi connectivity index (χ0v) is 9.24. The van der Waals surface area contributed by atoms with E-state index in [9.17, 15) is 4.79 Å². The number of benzene rings is 1. The van der Waals surface area contributed by atoms with Crippen molar-refractivity contribution in [2.75, 3.05) is 11.9 Å². The van der Waals surface area contributed by atoms with Crippen molar-refractivity contribution in [1.82, 2.24) is 0 Å². The van der Waals surface area contributed by atoms with Gasteiger partial charge in [0.15, 0.2) is 0 Å². The topological polar surface area (TPSA) is 32.7 Å². The molecule has 0 radical (unpaired) electrons. The molecule has 15 heavy (non-hydrogen) atoms. The molecule has 0 unspecified atom stereocenters. The predicted octanol–water partition coefficient (Wildman–Crippen LogP) is 2.45. The van der Waals surface area contributed by atoms with Crippen LogP contribution in [0.25, 0.3) is 0 Å². The number of aliphatic imine (C=N–C) groups is 1. The molecule has 1 aromatic carbocycles. The maximum atomic E-state index is 11.7. The highest BCUT2D eigenvalue weighted by Crippen LogP contribution is 2.31. The molecule has 3 heteroatoms. The normalized spacial score (nSPS) is 15.8. The van der Waals surface area contributed by atoms with Crippen LogP contribution in [0.2, 0.25) is 0 Å². The van der Waals surface area contributed by atoms with E-state index in [4.69, 9.17) is 0 Å². The Labute approximate surface area is 89.4 Å². The minimum absolute atomic E-state index is 0.0978. The number of hydrogen-bond donors (Lipinski definition) is 0. The molecule has 3 nitrogen and oxygen atoms in total. The fourth-order valence-electron chi connectivity index (χ4n) is 1.71. The lowest BCUT2D eigenvalue weighted by Gasteiger charge is -2.16. The molecule has 1 aliphatic heterocycles. The Morgan fingerprint density at radius 2 is 2.07 bits per heavy atom. The van der Waals surface area contributed by atoms with E-state index in [1.54, 1.807) is 11.9 Å². The Balaban J connectivity index is 2.60. The van der Waals surface area contributed by atoms with Gasteiger partial charge in [-0.3, -0.25) is 9.79 Å². The van der Waals surface area contributed by atoms with Crippen LogP contribution in [0.1, 0.15) is 18.9 Å². The number of anilines is 1. The van der Waals surface area contributed by atoms with Gasteiger partial charge in [-0.2, -0.15) is 0 Å². The first-order valence-electron chi connectivity index (χ1n) is 4.99. The molecule has 0 N–H and O–H groups in total. The average Bonchev–Trinajstić information content (AvgIpc) is 2.27. The predicted molar refractivity (Wildman–Crippen MR) is 62.0 cm³/mol. The summed E-state index contributed by atoms with van der Waals surface area (Å²) in [7, 11) is 1.80. The number of fused-ring (bicyclic) bond motifs is 1. The Morgan fingerprint density at radius 3 is 2.80 bits per heavy atom. The smallest absolute Gasteiger partial charge is 0.232 e. The van der Waals surface area contributed by atoms with Crippen LogP contribution in [0.3, 0.4) is 0 Å². The summed E-state index contributed by atoms with van der Waals surface area (Å²) in [6.07, 6.45) is 0.407. The minimum atomic E-state index is 0.0978. The molecule has 0 fully saturated rings. The third-order valence-electron chi connectivity index (χ3n) is 2.58. The molecular weight excluding hydrogens is 188 g/mol. The number of carbonyl (C=O) groups is 1. The van der Waals surface area contributed by atoms with Gasteiger partial charge < -0.3 is 4.90 Å². The van der Waals surface area contributed by atoms with Crippen LogP contribution in [0, 0.1) is 6.92 Å². The molecule has 2 rings (SSSR count). The summed E-state index contributed by atoms with van der Waals surface area (Å²) in [5.41, 5.74) is 3.79. The monoisotopic (exact) mass is 202 g/mol. The summed E-state index contributed by atoms with van der Waals surface area (Å²) in [5, 5.41) is 0. The van der Waals surface area contributed by atoms with Gasteiger partial charge >= 0.3 is 0 Å². The van der Waals surface area contributed by atoms with Crippen molar-refractivity contribution < 1.29 is 4.79 Å². The van der Waals surface area contributed by atoms with Crippen molar-refractivity contribution in [3.05, 3.63) is 23.8 Å². The standard InChI is InChI=1S/C12H14N2O/c1-8-4-5-10-11(6-8)14(3)12(15)7-9(2)13-10/h4-6H,7H2,1-3H3. The lowest BCUT2D eigenvalue weighted by Crippen LogP contribution is -2.26. The highest BCUT2D eigenvalue weighted by molar-refractivity contribution is 6.10. The molecule has 1 aliphatic rings. The van der Waals surface area contributed by atoms with Crippen LogP contribution >= 0.6 is 0 Å². The highest BCUT2D eigenvalue weighted by atomic mass is 16.2. The molecule has 0 aliphatic carbocycles. The Bertz CT molecular complexity index is 449. The second-order valence-corrected chi connectivity index (χ2v) is 3.97. The molecule has 78 valence electrons. The summed E-state index contributed by atoms with van der Waals surface area (Å²) < 4.78 is 0. The first-order chi connectivity index (χ1) is 7.08. The van der Waals surface area contributed by atoms with Gasteiger partial charge in [0, 0.05) is 12.8 Å².